The minimum Gasteiger partial charge on any atom is -0.497 e. The van der Waals surface area contributed by atoms with Crippen LogP contribution >= 0.6 is 0 Å². The van der Waals surface area contributed by atoms with Gasteiger partial charge in [-0.05, 0) is 25.0 Å². The standard InChI is InChI=1S/C13H18N2O2/c16-12-14-10-13(6-2-1-3-7-13)15(12)11-4-8-17-9-5-11/h4-5,8H,1-3,6-7,9-10H2,(H,14,16). The zero-order valence-corrected chi connectivity index (χ0v) is 9.95. The number of hydrogen-bond acceptors (Lipinski definition) is 2. The van der Waals surface area contributed by atoms with Crippen LogP contribution in [0, 0.1) is 0 Å². The van der Waals surface area contributed by atoms with E-state index in [4.69, 9.17) is 4.74 Å². The second-order valence-electron chi connectivity index (χ2n) is 5.04. The molecule has 1 saturated heterocycles. The number of rotatable bonds is 1. The Kier molecular flexibility index (Phi) is 2.57. The summed E-state index contributed by atoms with van der Waals surface area (Å²) in [4.78, 5) is 14.0. The molecule has 4 heteroatoms. The van der Waals surface area contributed by atoms with Gasteiger partial charge in [0.1, 0.15) is 6.61 Å². The van der Waals surface area contributed by atoms with Crippen molar-refractivity contribution in [1.29, 1.82) is 0 Å². The quantitative estimate of drug-likeness (QED) is 0.755. The number of urea groups is 1. The molecule has 0 bridgehead atoms. The van der Waals surface area contributed by atoms with Gasteiger partial charge in [0.25, 0.3) is 0 Å². The van der Waals surface area contributed by atoms with E-state index in [-0.39, 0.29) is 11.6 Å². The van der Waals surface area contributed by atoms with Gasteiger partial charge < -0.3 is 10.1 Å². The lowest BCUT2D eigenvalue weighted by Gasteiger charge is -2.40. The second kappa shape index (κ2) is 4.09. The summed E-state index contributed by atoms with van der Waals surface area (Å²) >= 11 is 0. The first kappa shape index (κ1) is 10.7. The maximum absolute atomic E-state index is 12.0. The third kappa shape index (κ3) is 1.72. The van der Waals surface area contributed by atoms with Crippen LogP contribution in [-0.4, -0.2) is 29.6 Å². The van der Waals surface area contributed by atoms with E-state index in [9.17, 15) is 4.79 Å². The number of nitrogens with zero attached hydrogens (tertiary/aromatic N) is 1. The summed E-state index contributed by atoms with van der Waals surface area (Å²) in [5.41, 5.74) is 1.01. The van der Waals surface area contributed by atoms with Crippen molar-refractivity contribution < 1.29 is 9.53 Å². The van der Waals surface area contributed by atoms with Gasteiger partial charge >= 0.3 is 6.03 Å². The van der Waals surface area contributed by atoms with Crippen molar-refractivity contribution in [3.8, 4) is 0 Å². The molecule has 0 aromatic rings. The number of carbonyl (C=O) groups excluding carboxylic acids is 1. The minimum atomic E-state index is 0.0167. The molecular weight excluding hydrogens is 216 g/mol. The fourth-order valence-electron chi connectivity index (χ4n) is 3.16. The third-order valence-corrected chi connectivity index (χ3v) is 4.01. The molecule has 2 aliphatic heterocycles. The number of hydrogen-bond donors (Lipinski definition) is 1. The van der Waals surface area contributed by atoms with E-state index in [1.54, 1.807) is 6.26 Å². The van der Waals surface area contributed by atoms with Crippen LogP contribution in [0.1, 0.15) is 32.1 Å². The van der Waals surface area contributed by atoms with E-state index >= 15 is 0 Å². The zero-order chi connectivity index (χ0) is 11.7. The topological polar surface area (TPSA) is 41.6 Å². The van der Waals surface area contributed by atoms with Gasteiger partial charge in [-0.1, -0.05) is 19.3 Å². The van der Waals surface area contributed by atoms with E-state index in [0.717, 1.165) is 25.1 Å². The van der Waals surface area contributed by atoms with Crippen LogP contribution in [0.25, 0.3) is 0 Å². The highest BCUT2D eigenvalue weighted by Crippen LogP contribution is 2.39. The van der Waals surface area contributed by atoms with Crippen LogP contribution in [0.3, 0.4) is 0 Å². The molecule has 1 saturated carbocycles. The SMILES string of the molecule is O=C1NCC2(CCCCC2)N1C1=CCOC=C1. The van der Waals surface area contributed by atoms with Gasteiger partial charge in [0.2, 0.25) is 0 Å². The first-order valence-corrected chi connectivity index (χ1v) is 6.38. The van der Waals surface area contributed by atoms with Crippen LogP contribution < -0.4 is 5.32 Å². The number of nitrogens with one attached hydrogen (secondary N) is 1. The van der Waals surface area contributed by atoms with E-state index < -0.39 is 0 Å². The molecule has 1 spiro atoms. The Morgan fingerprint density at radius 2 is 2.12 bits per heavy atom. The smallest absolute Gasteiger partial charge is 0.322 e. The van der Waals surface area contributed by atoms with Crippen molar-refractivity contribution in [2.24, 2.45) is 0 Å². The summed E-state index contributed by atoms with van der Waals surface area (Å²) in [6.45, 7) is 1.35. The van der Waals surface area contributed by atoms with Gasteiger partial charge in [-0.3, -0.25) is 4.90 Å². The Labute approximate surface area is 101 Å². The van der Waals surface area contributed by atoms with Gasteiger partial charge in [0.15, 0.2) is 0 Å². The van der Waals surface area contributed by atoms with Crippen molar-refractivity contribution in [3.63, 3.8) is 0 Å². The predicted molar refractivity (Wildman–Crippen MR) is 64.2 cm³/mol. The first-order chi connectivity index (χ1) is 8.32. The average molecular weight is 234 g/mol. The van der Waals surface area contributed by atoms with Gasteiger partial charge in [0.05, 0.1) is 11.8 Å². The highest BCUT2D eigenvalue weighted by Gasteiger charge is 2.47. The maximum atomic E-state index is 12.0. The Bertz CT molecular complexity index is 381. The molecule has 3 rings (SSSR count). The summed E-state index contributed by atoms with van der Waals surface area (Å²) in [6.07, 6.45) is 11.5. The van der Waals surface area contributed by atoms with E-state index in [2.05, 4.69) is 5.32 Å². The van der Waals surface area contributed by atoms with Crippen molar-refractivity contribution in [2.75, 3.05) is 13.2 Å². The monoisotopic (exact) mass is 234 g/mol. The molecule has 3 aliphatic rings. The fraction of sp³-hybridized carbons (Fsp3) is 0.615. The van der Waals surface area contributed by atoms with E-state index in [0.29, 0.717) is 6.61 Å². The largest absolute Gasteiger partial charge is 0.497 e. The van der Waals surface area contributed by atoms with Gasteiger partial charge in [-0.15, -0.1) is 0 Å². The van der Waals surface area contributed by atoms with Crippen molar-refractivity contribution in [3.05, 3.63) is 24.1 Å². The summed E-state index contributed by atoms with van der Waals surface area (Å²) < 4.78 is 5.15. The van der Waals surface area contributed by atoms with Crippen LogP contribution in [0.5, 0.6) is 0 Å². The summed E-state index contributed by atoms with van der Waals surface area (Å²) in [5, 5.41) is 3.00. The lowest BCUT2D eigenvalue weighted by Crippen LogP contribution is -2.47. The average Bonchev–Trinajstić information content (AvgIpc) is 2.68. The van der Waals surface area contributed by atoms with E-state index in [1.807, 2.05) is 17.1 Å². The zero-order valence-electron chi connectivity index (χ0n) is 9.95. The van der Waals surface area contributed by atoms with Crippen LogP contribution in [0.4, 0.5) is 4.79 Å². The summed E-state index contributed by atoms with van der Waals surface area (Å²) in [5.74, 6) is 0. The molecular formula is C13H18N2O2. The van der Waals surface area contributed by atoms with Gasteiger partial charge in [0, 0.05) is 12.2 Å². The van der Waals surface area contributed by atoms with Crippen molar-refractivity contribution >= 4 is 6.03 Å². The van der Waals surface area contributed by atoms with E-state index in [1.165, 1.54) is 19.3 Å². The highest BCUT2D eigenvalue weighted by molar-refractivity contribution is 5.80. The molecule has 0 unspecified atom stereocenters. The number of allylic oxidation sites excluding steroid dienone is 1. The Morgan fingerprint density at radius 3 is 2.82 bits per heavy atom. The van der Waals surface area contributed by atoms with Gasteiger partial charge in [-0.25, -0.2) is 4.79 Å². The first-order valence-electron chi connectivity index (χ1n) is 6.38. The molecule has 17 heavy (non-hydrogen) atoms. The van der Waals surface area contributed by atoms with Gasteiger partial charge in [-0.2, -0.15) is 0 Å². The lowest BCUT2D eigenvalue weighted by molar-refractivity contribution is 0.146. The normalized spacial score (nSPS) is 26.7. The van der Waals surface area contributed by atoms with Crippen molar-refractivity contribution in [2.45, 2.75) is 37.6 Å². The molecule has 4 nitrogen and oxygen atoms in total. The number of ether oxygens (including phenoxy) is 1. The van der Waals surface area contributed by atoms with Crippen LogP contribution in [-0.2, 0) is 4.74 Å². The lowest BCUT2D eigenvalue weighted by atomic mass is 9.81. The number of amides is 2. The molecule has 0 atom stereocenters. The molecule has 0 radical (unpaired) electrons. The van der Waals surface area contributed by atoms with Crippen LogP contribution in [0.2, 0.25) is 0 Å². The number of carbonyl (C=O) groups is 1. The maximum Gasteiger partial charge on any atom is 0.322 e. The molecule has 1 N–H and O–H groups in total. The Morgan fingerprint density at radius 1 is 1.29 bits per heavy atom. The van der Waals surface area contributed by atoms with Crippen LogP contribution in [0.15, 0.2) is 24.1 Å². The summed E-state index contributed by atoms with van der Waals surface area (Å²) in [6, 6.07) is 0.0460. The molecule has 2 amide bonds. The minimum absolute atomic E-state index is 0.0167. The van der Waals surface area contributed by atoms with Crippen molar-refractivity contribution in [1.82, 2.24) is 10.2 Å². The second-order valence-corrected chi connectivity index (χ2v) is 5.04. The molecule has 2 fully saturated rings. The summed E-state index contributed by atoms with van der Waals surface area (Å²) in [7, 11) is 0. The predicted octanol–water partition coefficient (Wildman–Crippen LogP) is 2.14. The molecule has 0 aromatic carbocycles. The Hall–Kier alpha value is -1.45. The fourth-order valence-corrected chi connectivity index (χ4v) is 3.16. The molecule has 0 aromatic heterocycles. The molecule has 92 valence electrons. The molecule has 2 heterocycles. The Balaban J connectivity index is 1.90. The highest BCUT2D eigenvalue weighted by atomic mass is 16.5. The molecule has 1 aliphatic carbocycles. The third-order valence-electron chi connectivity index (χ3n) is 4.01.